The molecule has 0 saturated carbocycles. The van der Waals surface area contributed by atoms with Gasteiger partial charge in [0.05, 0.1) is 24.8 Å². The summed E-state index contributed by atoms with van der Waals surface area (Å²) in [6.07, 6.45) is 3.33. The molecule has 0 spiro atoms. The fourth-order valence-corrected chi connectivity index (χ4v) is 2.28. The second-order valence-electron chi connectivity index (χ2n) is 5.04. The normalized spacial score (nSPS) is 10.2. The van der Waals surface area contributed by atoms with Crippen LogP contribution in [-0.4, -0.2) is 11.6 Å². The topological polar surface area (TPSA) is 97.1 Å². The van der Waals surface area contributed by atoms with Crippen molar-refractivity contribution in [1.29, 1.82) is 5.26 Å². The lowest BCUT2D eigenvalue weighted by molar-refractivity contribution is 0.326. The van der Waals surface area contributed by atoms with Gasteiger partial charge in [-0.2, -0.15) is 10.2 Å². The number of anilines is 3. The van der Waals surface area contributed by atoms with Crippen molar-refractivity contribution in [2.24, 2.45) is 0 Å². The minimum Gasteiger partial charge on any atom is -0.477 e. The molecule has 3 rings (SSSR count). The Hall–Kier alpha value is -3.46. The summed E-state index contributed by atoms with van der Waals surface area (Å²) in [6, 6.07) is 13.3. The van der Waals surface area contributed by atoms with Crippen LogP contribution in [0.2, 0.25) is 0 Å². The highest BCUT2D eigenvalue weighted by molar-refractivity contribution is 5.70. The monoisotopic (exact) mass is 320 g/mol. The van der Waals surface area contributed by atoms with Crippen LogP contribution < -0.4 is 15.8 Å². The van der Waals surface area contributed by atoms with Gasteiger partial charge in [-0.3, -0.25) is 0 Å². The van der Waals surface area contributed by atoms with Gasteiger partial charge in [0.25, 0.3) is 0 Å². The molecule has 0 fully saturated rings. The van der Waals surface area contributed by atoms with Crippen molar-refractivity contribution in [1.82, 2.24) is 4.98 Å². The third-order valence-corrected chi connectivity index (χ3v) is 3.42. The summed E-state index contributed by atoms with van der Waals surface area (Å²) < 4.78 is 10.5. The highest BCUT2D eigenvalue weighted by atomic mass is 16.5. The lowest BCUT2D eigenvalue weighted by Crippen LogP contribution is -2.04. The van der Waals surface area contributed by atoms with E-state index in [9.17, 15) is 0 Å². The first-order chi connectivity index (χ1) is 11.7. The van der Waals surface area contributed by atoms with Crippen molar-refractivity contribution in [3.8, 4) is 23.1 Å². The predicted octanol–water partition coefficient (Wildman–Crippen LogP) is 3.94. The van der Waals surface area contributed by atoms with Gasteiger partial charge in [-0.1, -0.05) is 12.1 Å². The molecule has 0 aliphatic carbocycles. The average Bonchev–Trinajstić information content (AvgIpc) is 3.10. The maximum absolute atomic E-state index is 9.15. The van der Waals surface area contributed by atoms with E-state index in [2.05, 4.69) is 10.3 Å². The van der Waals surface area contributed by atoms with Crippen molar-refractivity contribution in [2.75, 3.05) is 17.7 Å². The van der Waals surface area contributed by atoms with Crippen LogP contribution >= 0.6 is 0 Å². The molecule has 6 nitrogen and oxygen atoms in total. The Bertz CT molecular complexity index is 865. The summed E-state index contributed by atoms with van der Waals surface area (Å²) in [5, 5.41) is 12.3. The summed E-state index contributed by atoms with van der Waals surface area (Å²) in [4.78, 5) is 4.31. The number of pyridine rings is 1. The molecular formula is C18H16N4O2. The van der Waals surface area contributed by atoms with Gasteiger partial charge in [0, 0.05) is 17.3 Å². The fraction of sp³-hybridized carbons (Fsp3) is 0.111. The number of nitriles is 1. The van der Waals surface area contributed by atoms with E-state index in [-0.39, 0.29) is 11.4 Å². The first-order valence-corrected chi connectivity index (χ1v) is 7.44. The number of furan rings is 1. The van der Waals surface area contributed by atoms with E-state index in [1.165, 1.54) is 0 Å². The van der Waals surface area contributed by atoms with E-state index in [0.29, 0.717) is 18.1 Å². The van der Waals surface area contributed by atoms with E-state index < -0.39 is 0 Å². The molecule has 6 heteroatoms. The molecule has 0 atom stereocenters. The van der Waals surface area contributed by atoms with E-state index in [1.807, 2.05) is 43.3 Å². The molecule has 0 aliphatic heterocycles. The summed E-state index contributed by atoms with van der Waals surface area (Å²) in [7, 11) is 0. The molecule has 120 valence electrons. The van der Waals surface area contributed by atoms with Crippen LogP contribution in [0.1, 0.15) is 12.5 Å². The van der Waals surface area contributed by atoms with E-state index in [1.54, 1.807) is 18.6 Å². The minimum atomic E-state index is 0.234. The predicted molar refractivity (Wildman–Crippen MR) is 92.0 cm³/mol. The zero-order valence-electron chi connectivity index (χ0n) is 13.1. The molecule has 0 amide bonds. The number of nitrogens with zero attached hydrogens (tertiary/aromatic N) is 2. The maximum Gasteiger partial charge on any atom is 0.235 e. The van der Waals surface area contributed by atoms with Crippen LogP contribution in [0.25, 0.3) is 11.1 Å². The highest BCUT2D eigenvalue weighted by Crippen LogP contribution is 2.28. The molecule has 0 saturated heterocycles. The first-order valence-electron chi connectivity index (χ1n) is 7.44. The van der Waals surface area contributed by atoms with Crippen LogP contribution in [0.4, 0.5) is 17.2 Å². The Morgan fingerprint density at radius 3 is 2.67 bits per heavy atom. The molecule has 0 aliphatic rings. The second kappa shape index (κ2) is 6.75. The van der Waals surface area contributed by atoms with Gasteiger partial charge in [0.2, 0.25) is 5.88 Å². The summed E-state index contributed by atoms with van der Waals surface area (Å²) in [6.45, 7) is 2.23. The standard InChI is InChI=1S/C18H16N4O2/c1-2-24-18-15(10-19)16(20)9-17(22-18)21-14-5-3-12(4-6-14)13-7-8-23-11-13/h3-9,11H,2H2,1H3,(H3,20,21,22). The molecule has 3 N–H and O–H groups in total. The van der Waals surface area contributed by atoms with Crippen LogP contribution in [0.5, 0.6) is 5.88 Å². The number of hydrogen-bond donors (Lipinski definition) is 2. The number of benzene rings is 1. The van der Waals surface area contributed by atoms with Gasteiger partial charge in [-0.25, -0.2) is 0 Å². The lowest BCUT2D eigenvalue weighted by atomic mass is 10.1. The Labute approximate surface area is 139 Å². The Morgan fingerprint density at radius 1 is 1.25 bits per heavy atom. The SMILES string of the molecule is CCOc1nc(Nc2ccc(-c3ccoc3)cc2)cc(N)c1C#N. The summed E-state index contributed by atoms with van der Waals surface area (Å²) in [5.74, 6) is 0.753. The molecule has 3 aromatic rings. The molecule has 0 unspecified atom stereocenters. The van der Waals surface area contributed by atoms with Gasteiger partial charge in [0.1, 0.15) is 17.5 Å². The average molecular weight is 320 g/mol. The van der Waals surface area contributed by atoms with Crippen LogP contribution in [0, 0.1) is 11.3 Å². The number of nitrogens with one attached hydrogen (secondary N) is 1. The van der Waals surface area contributed by atoms with Crippen molar-refractivity contribution >= 4 is 17.2 Å². The van der Waals surface area contributed by atoms with Crippen molar-refractivity contribution in [3.63, 3.8) is 0 Å². The first kappa shape index (κ1) is 15.4. The number of rotatable bonds is 5. The Balaban J connectivity index is 1.84. The van der Waals surface area contributed by atoms with Gasteiger partial charge >= 0.3 is 0 Å². The number of ether oxygens (including phenoxy) is 1. The van der Waals surface area contributed by atoms with Crippen molar-refractivity contribution in [3.05, 3.63) is 54.5 Å². The van der Waals surface area contributed by atoms with Gasteiger partial charge < -0.3 is 20.2 Å². The number of aromatic nitrogens is 1. The maximum atomic E-state index is 9.15. The van der Waals surface area contributed by atoms with Gasteiger partial charge in [-0.05, 0) is 30.7 Å². The Morgan fingerprint density at radius 2 is 2.04 bits per heavy atom. The number of nitrogen functional groups attached to an aromatic ring is 1. The second-order valence-corrected chi connectivity index (χ2v) is 5.04. The Kier molecular flexibility index (Phi) is 4.34. The highest BCUT2D eigenvalue weighted by Gasteiger charge is 2.12. The van der Waals surface area contributed by atoms with E-state index in [0.717, 1.165) is 16.8 Å². The largest absolute Gasteiger partial charge is 0.477 e. The number of hydrogen-bond acceptors (Lipinski definition) is 6. The van der Waals surface area contributed by atoms with Gasteiger partial charge in [0.15, 0.2) is 0 Å². The molecule has 1 aromatic carbocycles. The van der Waals surface area contributed by atoms with Crippen LogP contribution in [-0.2, 0) is 0 Å². The molecule has 2 aromatic heterocycles. The van der Waals surface area contributed by atoms with E-state index in [4.69, 9.17) is 20.1 Å². The van der Waals surface area contributed by atoms with Crippen molar-refractivity contribution in [2.45, 2.75) is 6.92 Å². The van der Waals surface area contributed by atoms with Gasteiger partial charge in [-0.15, -0.1) is 0 Å². The molecule has 0 bridgehead atoms. The van der Waals surface area contributed by atoms with Crippen LogP contribution in [0.3, 0.4) is 0 Å². The van der Waals surface area contributed by atoms with Crippen LogP contribution in [0.15, 0.2) is 53.3 Å². The molecule has 0 radical (unpaired) electrons. The van der Waals surface area contributed by atoms with Crippen molar-refractivity contribution < 1.29 is 9.15 Å². The molecule has 2 heterocycles. The van der Waals surface area contributed by atoms with E-state index >= 15 is 0 Å². The lowest BCUT2D eigenvalue weighted by Gasteiger charge is -2.11. The quantitative estimate of drug-likeness (QED) is 0.739. The molecular weight excluding hydrogens is 304 g/mol. The zero-order chi connectivity index (χ0) is 16.9. The summed E-state index contributed by atoms with van der Waals surface area (Å²) >= 11 is 0. The minimum absolute atomic E-state index is 0.234. The third kappa shape index (κ3) is 3.15. The summed E-state index contributed by atoms with van der Waals surface area (Å²) in [5.41, 5.74) is 9.40. The number of nitrogens with two attached hydrogens (primary N) is 1. The smallest absolute Gasteiger partial charge is 0.235 e. The fourth-order valence-electron chi connectivity index (χ4n) is 2.28. The zero-order valence-corrected chi connectivity index (χ0v) is 13.1. The molecule has 24 heavy (non-hydrogen) atoms. The third-order valence-electron chi connectivity index (χ3n) is 3.42.